The smallest absolute Gasteiger partial charge is 0.282 e. The fraction of sp³-hybridized carbons (Fsp3) is 0.500. The summed E-state index contributed by atoms with van der Waals surface area (Å²) in [7, 11) is -3.27. The van der Waals surface area contributed by atoms with Gasteiger partial charge in [-0.25, -0.2) is 41.4 Å². The molecule has 32 heavy (non-hydrogen) atoms. The molecule has 0 aliphatic carbocycles. The minimum atomic E-state index is -3.27. The standard InChI is InChI=1S/C20H25F2N7O2S/c1-12-6-14(8-26-32(3,30)31)10-28(13(12)2)19-7-16(24-11-25-19)17-9-23-18-5-4-15(20(21)22)27-29(17)18/h4-5,7,9,11-14,20,26H,6,8,10H2,1-3H3. The fourth-order valence-corrected chi connectivity index (χ4v) is 4.63. The van der Waals surface area contributed by atoms with Crippen molar-refractivity contribution < 1.29 is 17.2 Å². The van der Waals surface area contributed by atoms with Crippen LogP contribution in [0, 0.1) is 11.8 Å². The van der Waals surface area contributed by atoms with Crippen LogP contribution in [-0.2, 0) is 10.0 Å². The van der Waals surface area contributed by atoms with Gasteiger partial charge in [0.15, 0.2) is 5.65 Å². The van der Waals surface area contributed by atoms with Gasteiger partial charge in [-0.3, -0.25) is 0 Å². The number of alkyl halides is 2. The second-order valence-electron chi connectivity index (χ2n) is 8.33. The van der Waals surface area contributed by atoms with Crippen molar-refractivity contribution in [2.24, 2.45) is 11.8 Å². The van der Waals surface area contributed by atoms with Crippen LogP contribution < -0.4 is 9.62 Å². The number of nitrogens with one attached hydrogen (secondary N) is 1. The summed E-state index contributed by atoms with van der Waals surface area (Å²) in [6.45, 7) is 5.23. The van der Waals surface area contributed by atoms with E-state index in [1.165, 1.54) is 23.0 Å². The lowest BCUT2D eigenvalue weighted by molar-refractivity contribution is 0.144. The van der Waals surface area contributed by atoms with Crippen LogP contribution in [0.2, 0.25) is 0 Å². The Labute approximate surface area is 184 Å². The van der Waals surface area contributed by atoms with Crippen LogP contribution in [-0.4, -0.2) is 58.4 Å². The highest BCUT2D eigenvalue weighted by atomic mass is 32.2. The van der Waals surface area contributed by atoms with E-state index in [1.807, 2.05) is 0 Å². The molecule has 0 radical (unpaired) electrons. The molecule has 9 nitrogen and oxygen atoms in total. The Balaban J connectivity index is 1.65. The predicted octanol–water partition coefficient (Wildman–Crippen LogP) is 2.52. The van der Waals surface area contributed by atoms with Crippen LogP contribution >= 0.6 is 0 Å². The third kappa shape index (κ3) is 4.70. The maximum absolute atomic E-state index is 13.1. The molecule has 1 aliphatic heterocycles. The van der Waals surface area contributed by atoms with E-state index >= 15 is 0 Å². The number of anilines is 1. The molecule has 1 saturated heterocycles. The Hall–Kier alpha value is -2.73. The van der Waals surface area contributed by atoms with Crippen molar-refractivity contribution in [3.05, 3.63) is 36.4 Å². The summed E-state index contributed by atoms with van der Waals surface area (Å²) in [5.74, 6) is 1.12. The first kappa shape index (κ1) is 22.5. The number of halogens is 2. The van der Waals surface area contributed by atoms with E-state index in [-0.39, 0.29) is 17.7 Å². The summed E-state index contributed by atoms with van der Waals surface area (Å²) in [5, 5.41) is 4.00. The van der Waals surface area contributed by atoms with Crippen molar-refractivity contribution in [1.29, 1.82) is 0 Å². The van der Waals surface area contributed by atoms with Crippen molar-refractivity contribution in [3.8, 4) is 11.4 Å². The Morgan fingerprint density at radius 1 is 1.22 bits per heavy atom. The maximum atomic E-state index is 13.1. The SMILES string of the molecule is CC1CC(CNS(C)(=O)=O)CN(c2cc(-c3cnc4ccc(C(F)F)nn34)ncn2)C1C. The Bertz CT molecular complexity index is 1220. The first-order chi connectivity index (χ1) is 15.1. The molecule has 1 fully saturated rings. The molecule has 3 unspecified atom stereocenters. The Morgan fingerprint density at radius 2 is 2.00 bits per heavy atom. The molecular formula is C20H25F2N7O2S. The molecule has 4 heterocycles. The van der Waals surface area contributed by atoms with Crippen LogP contribution in [0.3, 0.4) is 0 Å². The zero-order chi connectivity index (χ0) is 23.0. The third-order valence-corrected chi connectivity index (χ3v) is 6.62. The van der Waals surface area contributed by atoms with Crippen molar-refractivity contribution >= 4 is 21.5 Å². The lowest BCUT2D eigenvalue weighted by Gasteiger charge is -2.42. The van der Waals surface area contributed by atoms with E-state index in [0.717, 1.165) is 12.7 Å². The van der Waals surface area contributed by atoms with E-state index in [4.69, 9.17) is 0 Å². The number of nitrogens with zero attached hydrogens (tertiary/aromatic N) is 6. The van der Waals surface area contributed by atoms with Gasteiger partial charge in [0.25, 0.3) is 6.43 Å². The normalized spacial score (nSPS) is 22.1. The number of aromatic nitrogens is 5. The number of rotatable bonds is 6. The van der Waals surface area contributed by atoms with Crippen LogP contribution in [0.4, 0.5) is 14.6 Å². The Morgan fingerprint density at radius 3 is 2.72 bits per heavy atom. The van der Waals surface area contributed by atoms with E-state index in [0.29, 0.717) is 41.9 Å². The van der Waals surface area contributed by atoms with Gasteiger partial charge in [0.1, 0.15) is 23.5 Å². The molecule has 0 bridgehead atoms. The van der Waals surface area contributed by atoms with E-state index in [2.05, 4.69) is 43.5 Å². The van der Waals surface area contributed by atoms with Gasteiger partial charge in [0, 0.05) is 25.2 Å². The van der Waals surface area contributed by atoms with Gasteiger partial charge in [0.05, 0.1) is 18.1 Å². The monoisotopic (exact) mass is 465 g/mol. The van der Waals surface area contributed by atoms with E-state index < -0.39 is 16.4 Å². The van der Waals surface area contributed by atoms with Crippen LogP contribution in [0.15, 0.2) is 30.7 Å². The minimum Gasteiger partial charge on any atom is -0.353 e. The van der Waals surface area contributed by atoms with Gasteiger partial charge in [-0.2, -0.15) is 5.10 Å². The quantitative estimate of drug-likeness (QED) is 0.596. The van der Waals surface area contributed by atoms with Gasteiger partial charge in [0.2, 0.25) is 10.0 Å². The largest absolute Gasteiger partial charge is 0.353 e. The number of imidazole rings is 1. The van der Waals surface area contributed by atoms with Gasteiger partial charge in [-0.05, 0) is 37.3 Å². The average molecular weight is 466 g/mol. The molecule has 0 saturated carbocycles. The minimum absolute atomic E-state index is 0.125. The van der Waals surface area contributed by atoms with Crippen LogP contribution in [0.5, 0.6) is 0 Å². The molecule has 1 aliphatic rings. The van der Waals surface area contributed by atoms with Crippen LogP contribution in [0.25, 0.3) is 17.0 Å². The van der Waals surface area contributed by atoms with E-state index in [1.54, 1.807) is 12.3 Å². The summed E-state index contributed by atoms with van der Waals surface area (Å²) in [6, 6.07) is 4.71. The lowest BCUT2D eigenvalue weighted by Crippen LogP contribution is -2.49. The van der Waals surface area contributed by atoms with Gasteiger partial charge >= 0.3 is 0 Å². The van der Waals surface area contributed by atoms with Crippen LogP contribution in [0.1, 0.15) is 32.4 Å². The second kappa shape index (κ2) is 8.66. The van der Waals surface area contributed by atoms with Gasteiger partial charge < -0.3 is 4.90 Å². The molecule has 0 amide bonds. The van der Waals surface area contributed by atoms with Crippen molar-refractivity contribution in [2.75, 3.05) is 24.2 Å². The Kier molecular flexibility index (Phi) is 6.08. The summed E-state index contributed by atoms with van der Waals surface area (Å²) in [4.78, 5) is 15.1. The highest BCUT2D eigenvalue weighted by Crippen LogP contribution is 2.32. The number of hydrogen-bond donors (Lipinski definition) is 1. The number of sulfonamides is 1. The topological polar surface area (TPSA) is 105 Å². The van der Waals surface area contributed by atoms with Crippen molar-refractivity contribution in [1.82, 2.24) is 29.3 Å². The molecule has 0 aromatic carbocycles. The van der Waals surface area contributed by atoms with Gasteiger partial charge in [-0.1, -0.05) is 6.92 Å². The molecule has 3 aromatic heterocycles. The summed E-state index contributed by atoms with van der Waals surface area (Å²) in [5.41, 5.74) is 1.10. The molecule has 3 aromatic rings. The highest BCUT2D eigenvalue weighted by Gasteiger charge is 2.32. The molecule has 3 atom stereocenters. The fourth-order valence-electron chi connectivity index (χ4n) is 4.09. The zero-order valence-electron chi connectivity index (χ0n) is 18.0. The summed E-state index contributed by atoms with van der Waals surface area (Å²) >= 11 is 0. The number of fused-ring (bicyclic) bond motifs is 1. The zero-order valence-corrected chi connectivity index (χ0v) is 18.8. The molecule has 12 heteroatoms. The second-order valence-corrected chi connectivity index (χ2v) is 10.2. The summed E-state index contributed by atoms with van der Waals surface area (Å²) < 4.78 is 53.2. The molecule has 172 valence electrons. The predicted molar refractivity (Wildman–Crippen MR) is 116 cm³/mol. The average Bonchev–Trinajstić information content (AvgIpc) is 3.17. The van der Waals surface area contributed by atoms with E-state index in [9.17, 15) is 17.2 Å². The maximum Gasteiger partial charge on any atom is 0.282 e. The molecule has 0 spiro atoms. The number of piperidine rings is 1. The first-order valence-corrected chi connectivity index (χ1v) is 12.2. The molecule has 4 rings (SSSR count). The summed E-state index contributed by atoms with van der Waals surface area (Å²) in [6.07, 6.45) is 2.33. The van der Waals surface area contributed by atoms with Crippen molar-refractivity contribution in [2.45, 2.75) is 32.7 Å². The highest BCUT2D eigenvalue weighted by molar-refractivity contribution is 7.88. The number of hydrogen-bond acceptors (Lipinski definition) is 7. The molecule has 1 N–H and O–H groups in total. The third-order valence-electron chi connectivity index (χ3n) is 5.93. The molecular weight excluding hydrogens is 440 g/mol. The van der Waals surface area contributed by atoms with Crippen molar-refractivity contribution in [3.63, 3.8) is 0 Å². The lowest BCUT2D eigenvalue weighted by atomic mass is 9.85. The first-order valence-electron chi connectivity index (χ1n) is 10.3. The van der Waals surface area contributed by atoms with Gasteiger partial charge in [-0.15, -0.1) is 0 Å².